The molecule has 1 amide bonds. The van der Waals surface area contributed by atoms with Crippen molar-refractivity contribution in [1.29, 1.82) is 0 Å². The smallest absolute Gasteiger partial charge is 0.234 e. The molecule has 2 heterocycles. The number of carbonyl (C=O) groups is 1. The van der Waals surface area contributed by atoms with Crippen molar-refractivity contribution in [1.82, 2.24) is 10.2 Å². The first-order valence-electron chi connectivity index (χ1n) is 10.3. The van der Waals surface area contributed by atoms with Gasteiger partial charge >= 0.3 is 0 Å². The highest BCUT2D eigenvalue weighted by Gasteiger charge is 2.21. The molecule has 8 nitrogen and oxygen atoms in total. The Morgan fingerprint density at radius 1 is 1.06 bits per heavy atom. The van der Waals surface area contributed by atoms with Crippen LogP contribution in [-0.4, -0.2) is 62.3 Å². The van der Waals surface area contributed by atoms with E-state index in [4.69, 9.17) is 9.47 Å². The zero-order valence-electron chi connectivity index (χ0n) is 18.3. The van der Waals surface area contributed by atoms with Crippen LogP contribution in [0.15, 0.2) is 46.8 Å². The van der Waals surface area contributed by atoms with E-state index in [1.54, 1.807) is 44.6 Å². The van der Waals surface area contributed by atoms with Crippen LogP contribution in [0, 0.1) is 5.82 Å². The summed E-state index contributed by atoms with van der Waals surface area (Å²) in [6.45, 7) is 3.24. The van der Waals surface area contributed by atoms with Crippen molar-refractivity contribution in [3.05, 3.63) is 48.3 Å². The van der Waals surface area contributed by atoms with Gasteiger partial charge in [-0.05, 0) is 36.4 Å². The fourth-order valence-electron chi connectivity index (χ4n) is 3.41. The Morgan fingerprint density at radius 2 is 1.79 bits per heavy atom. The summed E-state index contributed by atoms with van der Waals surface area (Å²) in [4.78, 5) is 16.8. The lowest BCUT2D eigenvalue weighted by atomic mass is 10.2. The maximum Gasteiger partial charge on any atom is 0.234 e. The van der Waals surface area contributed by atoms with E-state index < -0.39 is 0 Å². The standard InChI is InChI=1S/C22H24FN5O3S2/c1-30-17-7-8-18(19(13-17)31-2)24-20(29)14-32-22-26-25-21(33-22)28-11-9-27(10-12-28)16-5-3-15(23)4-6-16/h3-8,13H,9-12,14H2,1-2H3,(H,24,29). The molecule has 0 saturated carbocycles. The molecule has 0 atom stereocenters. The van der Waals surface area contributed by atoms with Gasteiger partial charge in [0.25, 0.3) is 0 Å². The maximum absolute atomic E-state index is 13.1. The number of nitrogens with one attached hydrogen (secondary N) is 1. The molecular formula is C22H24FN5O3S2. The quantitative estimate of drug-likeness (QED) is 0.480. The zero-order chi connectivity index (χ0) is 23.2. The third kappa shape index (κ3) is 5.85. The molecule has 1 fully saturated rings. The van der Waals surface area contributed by atoms with E-state index in [0.717, 1.165) is 41.3 Å². The topological polar surface area (TPSA) is 79.8 Å². The van der Waals surface area contributed by atoms with Gasteiger partial charge in [0.2, 0.25) is 11.0 Å². The van der Waals surface area contributed by atoms with Crippen LogP contribution in [0.3, 0.4) is 0 Å². The first-order chi connectivity index (χ1) is 16.1. The van der Waals surface area contributed by atoms with Crippen LogP contribution >= 0.6 is 23.1 Å². The number of halogens is 1. The fourth-order valence-corrected chi connectivity index (χ4v) is 5.10. The van der Waals surface area contributed by atoms with E-state index >= 15 is 0 Å². The highest BCUT2D eigenvalue weighted by atomic mass is 32.2. The number of nitrogens with zero attached hydrogens (tertiary/aromatic N) is 4. The molecule has 4 rings (SSSR count). The minimum absolute atomic E-state index is 0.159. The number of aromatic nitrogens is 2. The minimum Gasteiger partial charge on any atom is -0.497 e. The van der Waals surface area contributed by atoms with Crippen LogP contribution in [-0.2, 0) is 4.79 Å². The molecule has 0 unspecified atom stereocenters. The summed E-state index contributed by atoms with van der Waals surface area (Å²) in [5, 5.41) is 12.2. The van der Waals surface area contributed by atoms with E-state index in [-0.39, 0.29) is 17.5 Å². The lowest BCUT2D eigenvalue weighted by Crippen LogP contribution is -2.46. The van der Waals surface area contributed by atoms with Crippen LogP contribution < -0.4 is 24.6 Å². The van der Waals surface area contributed by atoms with Gasteiger partial charge in [-0.2, -0.15) is 0 Å². The number of hydrogen-bond acceptors (Lipinski definition) is 9. The number of ether oxygens (including phenoxy) is 2. The van der Waals surface area contributed by atoms with E-state index in [1.807, 2.05) is 0 Å². The second-order valence-electron chi connectivity index (χ2n) is 7.20. The number of thioether (sulfide) groups is 1. The van der Waals surface area contributed by atoms with Crippen molar-refractivity contribution >= 4 is 45.5 Å². The number of amides is 1. The van der Waals surface area contributed by atoms with Crippen molar-refractivity contribution < 1.29 is 18.7 Å². The average Bonchev–Trinajstić information content (AvgIpc) is 3.33. The van der Waals surface area contributed by atoms with E-state index in [1.165, 1.54) is 35.2 Å². The number of hydrogen-bond donors (Lipinski definition) is 1. The van der Waals surface area contributed by atoms with Gasteiger partial charge in [0.05, 0.1) is 25.7 Å². The SMILES string of the molecule is COc1ccc(NC(=O)CSc2nnc(N3CCN(c4ccc(F)cc4)CC3)s2)c(OC)c1. The summed E-state index contributed by atoms with van der Waals surface area (Å²) in [7, 11) is 3.12. The van der Waals surface area contributed by atoms with E-state index in [2.05, 4.69) is 25.3 Å². The Morgan fingerprint density at radius 3 is 2.48 bits per heavy atom. The Labute approximate surface area is 199 Å². The number of anilines is 3. The molecule has 2 aromatic carbocycles. The molecule has 1 saturated heterocycles. The van der Waals surface area contributed by atoms with Gasteiger partial charge in [-0.1, -0.05) is 23.1 Å². The second kappa shape index (κ2) is 10.7. The Bertz CT molecular complexity index is 1090. The van der Waals surface area contributed by atoms with Crippen molar-refractivity contribution in [2.45, 2.75) is 4.34 Å². The predicted octanol–water partition coefficient (Wildman–Crippen LogP) is 3.75. The Hall–Kier alpha value is -3.05. The van der Waals surface area contributed by atoms with Crippen LogP contribution in [0.25, 0.3) is 0 Å². The summed E-state index contributed by atoms with van der Waals surface area (Å²) < 4.78 is 24.4. The lowest BCUT2D eigenvalue weighted by Gasteiger charge is -2.35. The van der Waals surface area contributed by atoms with Crippen LogP contribution in [0.5, 0.6) is 11.5 Å². The summed E-state index contributed by atoms with van der Waals surface area (Å²) in [5.41, 5.74) is 1.60. The Balaban J connectivity index is 1.27. The van der Waals surface area contributed by atoms with Gasteiger partial charge in [-0.3, -0.25) is 4.79 Å². The molecule has 0 aliphatic carbocycles. The highest BCUT2D eigenvalue weighted by molar-refractivity contribution is 8.01. The van der Waals surface area contributed by atoms with Crippen LogP contribution in [0.4, 0.5) is 20.9 Å². The van der Waals surface area contributed by atoms with Crippen molar-refractivity contribution in [2.75, 3.05) is 61.3 Å². The zero-order valence-corrected chi connectivity index (χ0v) is 19.9. The molecule has 3 aromatic rings. The van der Waals surface area contributed by atoms with Gasteiger partial charge in [-0.15, -0.1) is 10.2 Å². The van der Waals surface area contributed by atoms with Gasteiger partial charge in [0, 0.05) is 37.9 Å². The molecule has 1 aliphatic heterocycles. The fraction of sp³-hybridized carbons (Fsp3) is 0.318. The predicted molar refractivity (Wildman–Crippen MR) is 130 cm³/mol. The summed E-state index contributed by atoms with van der Waals surface area (Å²) in [6.07, 6.45) is 0. The highest BCUT2D eigenvalue weighted by Crippen LogP contribution is 2.31. The third-order valence-corrected chi connectivity index (χ3v) is 7.26. The van der Waals surface area contributed by atoms with Gasteiger partial charge < -0.3 is 24.6 Å². The van der Waals surface area contributed by atoms with E-state index in [9.17, 15) is 9.18 Å². The molecule has 1 N–H and O–H groups in total. The Kier molecular flexibility index (Phi) is 7.50. The molecular weight excluding hydrogens is 465 g/mol. The van der Waals surface area contributed by atoms with Crippen LogP contribution in [0.1, 0.15) is 0 Å². The summed E-state index contributed by atoms with van der Waals surface area (Å²) in [5.74, 6) is 1.01. The largest absolute Gasteiger partial charge is 0.497 e. The molecule has 0 spiro atoms. The number of piperazine rings is 1. The average molecular weight is 490 g/mol. The first-order valence-corrected chi connectivity index (χ1v) is 12.1. The van der Waals surface area contributed by atoms with Crippen LogP contribution in [0.2, 0.25) is 0 Å². The maximum atomic E-state index is 13.1. The van der Waals surface area contributed by atoms with Crippen molar-refractivity contribution in [3.8, 4) is 11.5 Å². The van der Waals surface area contributed by atoms with Gasteiger partial charge in [-0.25, -0.2) is 4.39 Å². The normalized spacial score (nSPS) is 13.7. The number of methoxy groups -OCH3 is 2. The monoisotopic (exact) mass is 489 g/mol. The lowest BCUT2D eigenvalue weighted by molar-refractivity contribution is -0.113. The van der Waals surface area contributed by atoms with Crippen molar-refractivity contribution in [2.24, 2.45) is 0 Å². The molecule has 33 heavy (non-hydrogen) atoms. The summed E-state index contributed by atoms with van der Waals surface area (Å²) in [6, 6.07) is 11.8. The molecule has 1 aromatic heterocycles. The van der Waals surface area contributed by atoms with Crippen molar-refractivity contribution in [3.63, 3.8) is 0 Å². The van der Waals surface area contributed by atoms with E-state index in [0.29, 0.717) is 17.2 Å². The number of rotatable bonds is 8. The van der Waals surface area contributed by atoms with Gasteiger partial charge in [0.1, 0.15) is 17.3 Å². The third-order valence-electron chi connectivity index (χ3n) is 5.15. The summed E-state index contributed by atoms with van der Waals surface area (Å²) >= 11 is 2.82. The number of carbonyl (C=O) groups excluding carboxylic acids is 1. The number of benzene rings is 2. The van der Waals surface area contributed by atoms with Gasteiger partial charge in [0.15, 0.2) is 4.34 Å². The minimum atomic E-state index is -0.229. The molecule has 174 valence electrons. The molecule has 11 heteroatoms. The first kappa shape index (κ1) is 23.1. The second-order valence-corrected chi connectivity index (χ2v) is 9.38. The molecule has 0 radical (unpaired) electrons. The molecule has 0 bridgehead atoms. The molecule has 1 aliphatic rings.